The Kier molecular flexibility index (Phi) is 5.41. The van der Waals surface area contributed by atoms with Crippen LogP contribution in [0.2, 0.25) is 6.04 Å². The van der Waals surface area contributed by atoms with Crippen LogP contribution < -0.4 is 0 Å². The summed E-state index contributed by atoms with van der Waals surface area (Å²) in [5.41, 5.74) is 0. The maximum absolute atomic E-state index is 8.13. The summed E-state index contributed by atoms with van der Waals surface area (Å²) in [6.45, 7) is 5.79. The fourth-order valence-electron chi connectivity index (χ4n) is 0.612. The molecule has 3 heteroatoms. The third-order valence-corrected chi connectivity index (χ3v) is 2.33. The van der Waals surface area contributed by atoms with Gasteiger partial charge in [0.15, 0.2) is 9.31 Å². The van der Waals surface area contributed by atoms with Crippen molar-refractivity contribution >= 4 is 9.31 Å². The molecule has 0 saturated heterocycles. The SMILES string of the molecule is C=CC(CC)C[SiH]=NO. The molecule has 1 N–H and O–H groups in total. The van der Waals surface area contributed by atoms with E-state index < -0.39 is 0 Å². The lowest BCUT2D eigenvalue weighted by molar-refractivity contribution is 0.324. The van der Waals surface area contributed by atoms with Gasteiger partial charge in [-0.05, 0) is 18.4 Å². The topological polar surface area (TPSA) is 32.6 Å². The van der Waals surface area contributed by atoms with Crippen LogP contribution in [0.25, 0.3) is 0 Å². The maximum Gasteiger partial charge on any atom is 0.164 e. The van der Waals surface area contributed by atoms with Gasteiger partial charge >= 0.3 is 0 Å². The molecule has 0 aromatic rings. The summed E-state index contributed by atoms with van der Waals surface area (Å²) in [4.78, 5) is 3.11. The Labute approximate surface area is 58.1 Å². The first-order valence-electron chi connectivity index (χ1n) is 3.13. The number of hydrogen-bond donors (Lipinski definition) is 1. The van der Waals surface area contributed by atoms with Crippen LogP contribution in [-0.4, -0.2) is 14.5 Å². The third-order valence-electron chi connectivity index (χ3n) is 1.35. The highest BCUT2D eigenvalue weighted by molar-refractivity contribution is 6.21. The normalized spacial score (nSPS) is 13.9. The van der Waals surface area contributed by atoms with Crippen molar-refractivity contribution < 1.29 is 5.21 Å². The Hall–Kier alpha value is -0.443. The molecule has 0 aromatic heterocycles. The molecule has 0 aliphatic carbocycles. The second-order valence-electron chi connectivity index (χ2n) is 1.94. The highest BCUT2D eigenvalue weighted by atomic mass is 28.2. The predicted molar refractivity (Wildman–Crippen MR) is 40.1 cm³/mol. The largest absolute Gasteiger partial charge is 0.421 e. The molecular weight excluding hydrogens is 130 g/mol. The highest BCUT2D eigenvalue weighted by Gasteiger charge is 1.96. The lowest BCUT2D eigenvalue weighted by Crippen LogP contribution is -1.93. The molecule has 0 heterocycles. The van der Waals surface area contributed by atoms with Gasteiger partial charge in [-0.15, -0.1) is 6.58 Å². The summed E-state index contributed by atoms with van der Waals surface area (Å²) in [6, 6.07) is 0.997. The molecule has 0 bridgehead atoms. The van der Waals surface area contributed by atoms with Crippen LogP contribution in [0, 0.1) is 5.92 Å². The Morgan fingerprint density at radius 1 is 1.89 bits per heavy atom. The van der Waals surface area contributed by atoms with Gasteiger partial charge in [0.1, 0.15) is 0 Å². The van der Waals surface area contributed by atoms with E-state index in [4.69, 9.17) is 5.21 Å². The van der Waals surface area contributed by atoms with Crippen molar-refractivity contribution in [3.63, 3.8) is 0 Å². The van der Waals surface area contributed by atoms with E-state index in [0.29, 0.717) is 5.92 Å². The van der Waals surface area contributed by atoms with Crippen LogP contribution in [0.3, 0.4) is 0 Å². The average Bonchev–Trinajstić information content (AvgIpc) is 1.91. The van der Waals surface area contributed by atoms with E-state index >= 15 is 0 Å². The van der Waals surface area contributed by atoms with Crippen molar-refractivity contribution in [3.05, 3.63) is 12.7 Å². The zero-order valence-corrected chi connectivity index (χ0v) is 6.90. The smallest absolute Gasteiger partial charge is 0.164 e. The summed E-state index contributed by atoms with van der Waals surface area (Å²) in [5.74, 6) is 0.552. The molecule has 0 saturated carbocycles. The molecule has 0 amide bonds. The van der Waals surface area contributed by atoms with E-state index in [0.717, 1.165) is 12.5 Å². The zero-order valence-electron chi connectivity index (χ0n) is 5.75. The minimum Gasteiger partial charge on any atom is -0.421 e. The van der Waals surface area contributed by atoms with Crippen molar-refractivity contribution in [2.45, 2.75) is 19.4 Å². The lowest BCUT2D eigenvalue weighted by atomic mass is 10.1. The molecule has 0 rings (SSSR count). The van der Waals surface area contributed by atoms with Gasteiger partial charge in [0, 0.05) is 0 Å². The summed E-state index contributed by atoms with van der Waals surface area (Å²) >= 11 is 0. The second kappa shape index (κ2) is 5.69. The molecule has 0 aliphatic rings. The first kappa shape index (κ1) is 8.56. The van der Waals surface area contributed by atoms with E-state index in [1.165, 1.54) is 0 Å². The molecule has 0 aromatic carbocycles. The van der Waals surface area contributed by atoms with Crippen LogP contribution in [0.5, 0.6) is 0 Å². The van der Waals surface area contributed by atoms with Crippen LogP contribution in [-0.2, 0) is 0 Å². The van der Waals surface area contributed by atoms with E-state index in [-0.39, 0.29) is 9.31 Å². The fourth-order valence-corrected chi connectivity index (χ4v) is 1.50. The first-order chi connectivity index (χ1) is 4.35. The van der Waals surface area contributed by atoms with Gasteiger partial charge in [-0.25, -0.2) is 0 Å². The van der Waals surface area contributed by atoms with Gasteiger partial charge in [-0.2, -0.15) is 4.80 Å². The lowest BCUT2D eigenvalue weighted by Gasteiger charge is -2.01. The molecule has 0 fully saturated rings. The summed E-state index contributed by atoms with van der Waals surface area (Å²) < 4.78 is 0. The van der Waals surface area contributed by atoms with Crippen molar-refractivity contribution in [3.8, 4) is 0 Å². The fraction of sp³-hybridized carbons (Fsp3) is 0.667. The Morgan fingerprint density at radius 2 is 2.56 bits per heavy atom. The standard InChI is InChI=1S/C6H13NOSi/c1-3-6(4-2)5-9-7-8/h3,6,8-9H,1,4-5H2,2H3. The van der Waals surface area contributed by atoms with Gasteiger partial charge in [-0.3, -0.25) is 0 Å². The van der Waals surface area contributed by atoms with Crippen LogP contribution in [0.4, 0.5) is 0 Å². The second-order valence-corrected chi connectivity index (χ2v) is 3.01. The van der Waals surface area contributed by atoms with Crippen molar-refractivity contribution in [1.82, 2.24) is 0 Å². The molecule has 9 heavy (non-hydrogen) atoms. The molecular formula is C6H13NOSi. The van der Waals surface area contributed by atoms with Crippen LogP contribution >= 0.6 is 0 Å². The van der Waals surface area contributed by atoms with Gasteiger partial charge in [0.25, 0.3) is 0 Å². The molecule has 0 spiro atoms. The molecule has 0 radical (unpaired) electrons. The van der Waals surface area contributed by atoms with Gasteiger partial charge in [-0.1, -0.05) is 13.0 Å². The van der Waals surface area contributed by atoms with Crippen LogP contribution in [0.1, 0.15) is 13.3 Å². The average molecular weight is 143 g/mol. The van der Waals surface area contributed by atoms with Crippen molar-refractivity contribution in [1.29, 1.82) is 0 Å². The van der Waals surface area contributed by atoms with E-state index in [1.54, 1.807) is 0 Å². The Morgan fingerprint density at radius 3 is 2.89 bits per heavy atom. The number of hydrogen-bond acceptors (Lipinski definition) is 2. The molecule has 52 valence electrons. The van der Waals surface area contributed by atoms with Gasteiger partial charge < -0.3 is 5.21 Å². The maximum atomic E-state index is 8.13. The minimum atomic E-state index is -0.110. The minimum absolute atomic E-state index is 0.110. The third kappa shape index (κ3) is 4.09. The number of rotatable bonds is 4. The summed E-state index contributed by atoms with van der Waals surface area (Å²) in [7, 11) is -0.110. The highest BCUT2D eigenvalue weighted by Crippen LogP contribution is 2.06. The Bertz CT molecular complexity index is 103. The predicted octanol–water partition coefficient (Wildman–Crippen LogP) is 1.63. The summed E-state index contributed by atoms with van der Waals surface area (Å²) in [5, 5.41) is 8.13. The van der Waals surface area contributed by atoms with Gasteiger partial charge in [0.2, 0.25) is 0 Å². The zero-order chi connectivity index (χ0) is 7.11. The quantitative estimate of drug-likeness (QED) is 0.362. The molecule has 1 unspecified atom stereocenters. The number of nitrogens with zero attached hydrogens (tertiary/aromatic N) is 1. The molecule has 0 aliphatic heterocycles. The number of allylic oxidation sites excluding steroid dienone is 1. The molecule has 2 nitrogen and oxygen atoms in total. The van der Waals surface area contributed by atoms with Gasteiger partial charge in [0.05, 0.1) is 0 Å². The Balaban J connectivity index is 3.42. The van der Waals surface area contributed by atoms with E-state index in [9.17, 15) is 0 Å². The summed E-state index contributed by atoms with van der Waals surface area (Å²) in [6.07, 6.45) is 3.03. The van der Waals surface area contributed by atoms with E-state index in [1.807, 2.05) is 6.08 Å². The van der Waals surface area contributed by atoms with E-state index in [2.05, 4.69) is 18.3 Å². The monoisotopic (exact) mass is 143 g/mol. The molecule has 1 atom stereocenters. The van der Waals surface area contributed by atoms with Crippen LogP contribution in [0.15, 0.2) is 17.5 Å². The first-order valence-corrected chi connectivity index (χ1v) is 4.46. The van der Waals surface area contributed by atoms with Crippen molar-refractivity contribution in [2.24, 2.45) is 10.7 Å². The van der Waals surface area contributed by atoms with Crippen molar-refractivity contribution in [2.75, 3.05) is 0 Å².